The van der Waals surface area contributed by atoms with Crippen LogP contribution in [0.1, 0.15) is 40.9 Å². The van der Waals surface area contributed by atoms with Gasteiger partial charge in [-0.15, -0.1) is 0 Å². The van der Waals surface area contributed by atoms with E-state index in [0.29, 0.717) is 11.1 Å². The van der Waals surface area contributed by atoms with Gasteiger partial charge < -0.3 is 9.52 Å². The highest BCUT2D eigenvalue weighted by Crippen LogP contribution is 2.41. The number of nitrogens with zero attached hydrogens (tertiary/aromatic N) is 2. The Kier molecular flexibility index (Phi) is 4.18. The molecule has 3 aromatic rings. The van der Waals surface area contributed by atoms with E-state index in [1.165, 1.54) is 17.8 Å². The van der Waals surface area contributed by atoms with Crippen LogP contribution in [0.5, 0.6) is 5.75 Å². The average molecular weight is 364 g/mol. The van der Waals surface area contributed by atoms with Crippen molar-refractivity contribution < 1.29 is 14.4 Å². The van der Waals surface area contributed by atoms with Gasteiger partial charge in [-0.3, -0.25) is 15.1 Å². The Morgan fingerprint density at radius 1 is 1.19 bits per heavy atom. The summed E-state index contributed by atoms with van der Waals surface area (Å²) in [4.78, 5) is 15.3. The molecule has 0 fully saturated rings. The molecule has 0 radical (unpaired) electrons. The minimum Gasteiger partial charge on any atom is -0.502 e. The summed E-state index contributed by atoms with van der Waals surface area (Å²) in [5.41, 5.74) is 4.46. The lowest BCUT2D eigenvalue weighted by atomic mass is 9.93. The maximum absolute atomic E-state index is 11.4. The SMILES string of the molecule is Cc1ccc(N=Cc2c(O)c([N+](=O)[O-])cc3oc4c(c23)CCCC4)cc1C. The fourth-order valence-corrected chi connectivity index (χ4v) is 3.64. The molecule has 1 N–H and O–H groups in total. The topological polar surface area (TPSA) is 88.9 Å². The lowest BCUT2D eigenvalue weighted by Gasteiger charge is -2.10. The number of nitro groups is 1. The van der Waals surface area contributed by atoms with Crippen molar-refractivity contribution in [3.63, 3.8) is 0 Å². The molecule has 1 aromatic heterocycles. The third-order valence-electron chi connectivity index (χ3n) is 5.26. The smallest absolute Gasteiger partial charge is 0.315 e. The number of furan rings is 1. The summed E-state index contributed by atoms with van der Waals surface area (Å²) in [5, 5.41) is 22.7. The summed E-state index contributed by atoms with van der Waals surface area (Å²) < 4.78 is 5.89. The Bertz CT molecular complexity index is 1100. The van der Waals surface area contributed by atoms with Gasteiger partial charge in [-0.1, -0.05) is 6.07 Å². The number of rotatable bonds is 3. The van der Waals surface area contributed by atoms with Crippen molar-refractivity contribution in [2.45, 2.75) is 39.5 Å². The second-order valence-corrected chi connectivity index (χ2v) is 7.03. The first kappa shape index (κ1) is 17.3. The van der Waals surface area contributed by atoms with E-state index in [2.05, 4.69) is 4.99 Å². The second kappa shape index (κ2) is 6.54. The molecule has 0 bridgehead atoms. The zero-order valence-corrected chi connectivity index (χ0v) is 15.3. The number of aromatic hydroxyl groups is 1. The first-order valence-corrected chi connectivity index (χ1v) is 9.01. The number of benzene rings is 2. The minimum atomic E-state index is -0.594. The van der Waals surface area contributed by atoms with Gasteiger partial charge in [-0.2, -0.15) is 0 Å². The predicted molar refractivity (Wildman–Crippen MR) is 104 cm³/mol. The Balaban J connectivity index is 1.92. The van der Waals surface area contributed by atoms with E-state index in [1.54, 1.807) is 0 Å². The van der Waals surface area contributed by atoms with Gasteiger partial charge in [0.2, 0.25) is 5.75 Å². The van der Waals surface area contributed by atoms with Gasteiger partial charge in [0.15, 0.2) is 0 Å². The van der Waals surface area contributed by atoms with Crippen LogP contribution in [0.4, 0.5) is 11.4 Å². The second-order valence-electron chi connectivity index (χ2n) is 7.03. The molecule has 0 spiro atoms. The van der Waals surface area contributed by atoms with Crippen LogP contribution in [-0.4, -0.2) is 16.2 Å². The summed E-state index contributed by atoms with van der Waals surface area (Å²) in [6.07, 6.45) is 5.23. The minimum absolute atomic E-state index is 0.351. The van der Waals surface area contributed by atoms with E-state index in [4.69, 9.17) is 4.42 Å². The summed E-state index contributed by atoms with van der Waals surface area (Å²) in [6, 6.07) is 7.12. The molecule has 6 nitrogen and oxygen atoms in total. The third kappa shape index (κ3) is 2.97. The molecule has 0 unspecified atom stereocenters. The number of aliphatic imine (C=N–C) groups is 1. The first-order valence-electron chi connectivity index (χ1n) is 9.01. The van der Waals surface area contributed by atoms with Gasteiger partial charge >= 0.3 is 5.69 Å². The van der Waals surface area contributed by atoms with E-state index >= 15 is 0 Å². The predicted octanol–water partition coefficient (Wildman–Crippen LogP) is 5.29. The summed E-state index contributed by atoms with van der Waals surface area (Å²) >= 11 is 0. The van der Waals surface area contributed by atoms with Crippen LogP contribution in [0.15, 0.2) is 33.7 Å². The molecule has 0 amide bonds. The van der Waals surface area contributed by atoms with E-state index in [-0.39, 0.29) is 11.4 Å². The Morgan fingerprint density at radius 3 is 2.70 bits per heavy atom. The molecule has 6 heteroatoms. The lowest BCUT2D eigenvalue weighted by Crippen LogP contribution is -2.00. The third-order valence-corrected chi connectivity index (χ3v) is 5.26. The van der Waals surface area contributed by atoms with E-state index in [1.807, 2.05) is 32.0 Å². The van der Waals surface area contributed by atoms with Crippen molar-refractivity contribution in [1.82, 2.24) is 0 Å². The lowest BCUT2D eigenvalue weighted by molar-refractivity contribution is -0.385. The Morgan fingerprint density at radius 2 is 1.96 bits per heavy atom. The van der Waals surface area contributed by atoms with Crippen molar-refractivity contribution >= 4 is 28.6 Å². The molecule has 0 saturated heterocycles. The number of phenolic OH excluding ortho intramolecular Hbond substituents is 1. The van der Waals surface area contributed by atoms with Crippen LogP contribution >= 0.6 is 0 Å². The van der Waals surface area contributed by atoms with Crippen LogP contribution in [0.2, 0.25) is 0 Å². The van der Waals surface area contributed by atoms with Crippen molar-refractivity contribution in [3.8, 4) is 5.75 Å². The average Bonchev–Trinajstić information content (AvgIpc) is 3.01. The summed E-state index contributed by atoms with van der Waals surface area (Å²) in [6.45, 7) is 4.03. The molecular weight excluding hydrogens is 344 g/mol. The van der Waals surface area contributed by atoms with Crippen molar-refractivity contribution in [2.24, 2.45) is 4.99 Å². The van der Waals surface area contributed by atoms with Gasteiger partial charge in [-0.05, 0) is 56.4 Å². The van der Waals surface area contributed by atoms with Crippen LogP contribution in [0.25, 0.3) is 11.0 Å². The van der Waals surface area contributed by atoms with Crippen LogP contribution in [-0.2, 0) is 12.8 Å². The van der Waals surface area contributed by atoms with Gasteiger partial charge in [0.1, 0.15) is 11.3 Å². The van der Waals surface area contributed by atoms with Gasteiger partial charge in [-0.25, -0.2) is 0 Å². The maximum Gasteiger partial charge on any atom is 0.315 e. The molecular formula is C21H20N2O4. The first-order chi connectivity index (χ1) is 13.0. The molecule has 1 heterocycles. The molecule has 0 atom stereocenters. The van der Waals surface area contributed by atoms with Crippen LogP contribution < -0.4 is 0 Å². The van der Waals surface area contributed by atoms with Crippen LogP contribution in [0.3, 0.4) is 0 Å². The summed E-state index contributed by atoms with van der Waals surface area (Å²) in [7, 11) is 0. The number of aryl methyl sites for hydroxylation is 4. The maximum atomic E-state index is 11.4. The van der Waals surface area contributed by atoms with Crippen molar-refractivity contribution in [1.29, 1.82) is 0 Å². The normalized spacial score (nSPS) is 14.0. The van der Waals surface area contributed by atoms with E-state index < -0.39 is 4.92 Å². The largest absolute Gasteiger partial charge is 0.502 e. The zero-order chi connectivity index (χ0) is 19.1. The number of hydrogen-bond donors (Lipinski definition) is 1. The molecule has 1 aliphatic carbocycles. The van der Waals surface area contributed by atoms with Gasteiger partial charge in [0.05, 0.1) is 22.2 Å². The monoisotopic (exact) mass is 364 g/mol. The molecule has 0 aliphatic heterocycles. The summed E-state index contributed by atoms with van der Waals surface area (Å²) in [5.74, 6) is 0.492. The van der Waals surface area contributed by atoms with Gasteiger partial charge in [0, 0.05) is 23.6 Å². The molecule has 4 rings (SSSR count). The number of nitro benzene ring substituents is 1. The Hall–Kier alpha value is -3.15. The Labute approximate surface area is 156 Å². The fraction of sp³-hybridized carbons (Fsp3) is 0.286. The van der Waals surface area contributed by atoms with E-state index in [0.717, 1.165) is 53.6 Å². The molecule has 0 saturated carbocycles. The van der Waals surface area contributed by atoms with Crippen LogP contribution in [0, 0.1) is 24.0 Å². The van der Waals surface area contributed by atoms with Crippen molar-refractivity contribution in [2.75, 3.05) is 0 Å². The van der Waals surface area contributed by atoms with Crippen molar-refractivity contribution in [3.05, 3.63) is 62.4 Å². The molecule has 2 aromatic carbocycles. The quantitative estimate of drug-likeness (QED) is 0.388. The van der Waals surface area contributed by atoms with Gasteiger partial charge in [0.25, 0.3) is 0 Å². The number of fused-ring (bicyclic) bond motifs is 3. The number of hydrogen-bond acceptors (Lipinski definition) is 5. The molecule has 27 heavy (non-hydrogen) atoms. The standard InChI is InChI=1S/C21H20N2O4/c1-12-7-8-14(9-13(12)2)22-11-16-20-15-5-3-4-6-18(15)27-19(20)10-17(21(16)24)23(25)26/h7-11,24H,3-6H2,1-2H3. The zero-order valence-electron chi connectivity index (χ0n) is 15.3. The van der Waals surface area contributed by atoms with E-state index in [9.17, 15) is 15.2 Å². The molecule has 1 aliphatic rings. The molecule has 138 valence electrons. The highest BCUT2D eigenvalue weighted by molar-refractivity contribution is 6.05. The highest BCUT2D eigenvalue weighted by atomic mass is 16.6. The highest BCUT2D eigenvalue weighted by Gasteiger charge is 2.27. The number of phenols is 1. The fourth-order valence-electron chi connectivity index (χ4n) is 3.64.